The first-order valence-corrected chi connectivity index (χ1v) is 8.64. The molecule has 0 radical (unpaired) electrons. The summed E-state index contributed by atoms with van der Waals surface area (Å²) < 4.78 is 0. The molecule has 21 heavy (non-hydrogen) atoms. The zero-order chi connectivity index (χ0) is 14.5. The first-order chi connectivity index (χ1) is 10.4. The van der Waals surface area contributed by atoms with Gasteiger partial charge in [0, 0.05) is 17.1 Å². The second-order valence-corrected chi connectivity index (χ2v) is 6.54. The topological polar surface area (TPSA) is 19.0 Å². The molecular formula is C19H28N2. The number of fused-ring (bicyclic) bond motifs is 1. The molecule has 2 aromatic rings. The predicted molar refractivity (Wildman–Crippen MR) is 90.7 cm³/mol. The van der Waals surface area contributed by atoms with Crippen molar-refractivity contribution in [1.82, 2.24) is 9.88 Å². The van der Waals surface area contributed by atoms with Gasteiger partial charge in [-0.25, -0.2) is 0 Å². The van der Waals surface area contributed by atoms with Crippen LogP contribution < -0.4 is 0 Å². The van der Waals surface area contributed by atoms with E-state index in [2.05, 4.69) is 47.3 Å². The molecule has 1 aromatic carbocycles. The van der Waals surface area contributed by atoms with E-state index in [9.17, 15) is 0 Å². The molecule has 1 aliphatic heterocycles. The quantitative estimate of drug-likeness (QED) is 0.820. The Kier molecular flexibility index (Phi) is 4.97. The number of rotatable bonds is 6. The van der Waals surface area contributed by atoms with Crippen LogP contribution in [0.4, 0.5) is 0 Å². The van der Waals surface area contributed by atoms with Gasteiger partial charge in [0.25, 0.3) is 0 Å². The highest BCUT2D eigenvalue weighted by atomic mass is 15.1. The predicted octanol–water partition coefficient (Wildman–Crippen LogP) is 4.61. The van der Waals surface area contributed by atoms with Crippen LogP contribution >= 0.6 is 0 Å². The molecule has 0 bridgehead atoms. The average Bonchev–Trinajstić information content (AvgIpc) is 2.93. The normalized spacial score (nSPS) is 17.6. The van der Waals surface area contributed by atoms with Crippen molar-refractivity contribution in [1.29, 1.82) is 0 Å². The van der Waals surface area contributed by atoms with Crippen LogP contribution in [0.25, 0.3) is 10.9 Å². The van der Waals surface area contributed by atoms with E-state index in [1.165, 1.54) is 74.6 Å². The number of hydrogen-bond donors (Lipinski definition) is 1. The van der Waals surface area contributed by atoms with E-state index in [0.717, 1.165) is 5.92 Å². The maximum absolute atomic E-state index is 3.38. The molecule has 1 aromatic heterocycles. The van der Waals surface area contributed by atoms with E-state index in [4.69, 9.17) is 0 Å². The standard InChI is InChI=1S/C19H28N2/c1-2-6-16-10-13-21(14-11-16)12-5-7-17-15-20-19-9-4-3-8-18(17)19/h3-4,8-9,15-16,20H,2,5-7,10-14H2,1H3. The molecule has 0 unspecified atom stereocenters. The molecule has 0 saturated carbocycles. The minimum absolute atomic E-state index is 1.000. The number of piperidine rings is 1. The fraction of sp³-hybridized carbons (Fsp3) is 0.579. The second-order valence-electron chi connectivity index (χ2n) is 6.54. The lowest BCUT2D eigenvalue weighted by atomic mass is 9.92. The van der Waals surface area contributed by atoms with Crippen LogP contribution in [0.3, 0.4) is 0 Å². The van der Waals surface area contributed by atoms with Crippen LogP contribution in [0.2, 0.25) is 0 Å². The number of H-pyrrole nitrogens is 1. The molecule has 3 rings (SSSR count). The van der Waals surface area contributed by atoms with E-state index in [1.54, 1.807) is 0 Å². The number of nitrogens with zero attached hydrogens (tertiary/aromatic N) is 1. The van der Waals surface area contributed by atoms with Crippen molar-refractivity contribution < 1.29 is 0 Å². The van der Waals surface area contributed by atoms with Crippen LogP contribution in [0, 0.1) is 5.92 Å². The molecule has 0 atom stereocenters. The Hall–Kier alpha value is -1.28. The van der Waals surface area contributed by atoms with Gasteiger partial charge in [0.1, 0.15) is 0 Å². The molecule has 0 spiro atoms. The molecule has 2 heteroatoms. The van der Waals surface area contributed by atoms with Gasteiger partial charge in [0.05, 0.1) is 0 Å². The summed E-state index contributed by atoms with van der Waals surface area (Å²) in [5.74, 6) is 1.000. The summed E-state index contributed by atoms with van der Waals surface area (Å²) in [5.41, 5.74) is 2.75. The van der Waals surface area contributed by atoms with Gasteiger partial charge < -0.3 is 9.88 Å². The van der Waals surface area contributed by atoms with Crippen molar-refractivity contribution in [3.8, 4) is 0 Å². The SMILES string of the molecule is CCCC1CCN(CCCc2c[nH]c3ccccc23)CC1. The van der Waals surface area contributed by atoms with Gasteiger partial charge >= 0.3 is 0 Å². The van der Waals surface area contributed by atoms with Crippen LogP contribution in [0.5, 0.6) is 0 Å². The zero-order valence-corrected chi connectivity index (χ0v) is 13.3. The highest BCUT2D eigenvalue weighted by Gasteiger charge is 2.17. The number of aryl methyl sites for hydroxylation is 1. The number of nitrogens with one attached hydrogen (secondary N) is 1. The zero-order valence-electron chi connectivity index (χ0n) is 13.3. The Bertz CT molecular complexity index is 549. The van der Waals surface area contributed by atoms with Crippen molar-refractivity contribution in [3.63, 3.8) is 0 Å². The average molecular weight is 284 g/mol. The lowest BCUT2D eigenvalue weighted by molar-refractivity contribution is 0.177. The third-order valence-corrected chi connectivity index (χ3v) is 5.00. The number of likely N-dealkylation sites (tertiary alicyclic amines) is 1. The molecule has 1 saturated heterocycles. The van der Waals surface area contributed by atoms with Gasteiger partial charge in [-0.15, -0.1) is 0 Å². The minimum Gasteiger partial charge on any atom is -0.361 e. The Labute approximate surface area is 128 Å². The fourth-order valence-corrected chi connectivity index (χ4v) is 3.74. The number of aromatic amines is 1. The summed E-state index contributed by atoms with van der Waals surface area (Å²) in [6.45, 7) is 6.21. The molecule has 1 N–H and O–H groups in total. The number of para-hydroxylation sites is 1. The highest BCUT2D eigenvalue weighted by Crippen LogP contribution is 2.23. The molecule has 114 valence electrons. The molecule has 0 aliphatic carbocycles. The summed E-state index contributed by atoms with van der Waals surface area (Å²) in [7, 11) is 0. The van der Waals surface area contributed by atoms with Crippen LogP contribution in [0.15, 0.2) is 30.5 Å². The van der Waals surface area contributed by atoms with Gasteiger partial charge in [0.15, 0.2) is 0 Å². The Morgan fingerprint density at radius 3 is 2.81 bits per heavy atom. The summed E-state index contributed by atoms with van der Waals surface area (Å²) in [6.07, 6.45) is 10.3. The highest BCUT2D eigenvalue weighted by molar-refractivity contribution is 5.82. The van der Waals surface area contributed by atoms with E-state index in [-0.39, 0.29) is 0 Å². The number of hydrogen-bond acceptors (Lipinski definition) is 1. The smallest absolute Gasteiger partial charge is 0.0456 e. The third kappa shape index (κ3) is 3.68. The van der Waals surface area contributed by atoms with E-state index in [1.807, 2.05) is 0 Å². The van der Waals surface area contributed by atoms with Gasteiger partial charge in [-0.3, -0.25) is 0 Å². The van der Waals surface area contributed by atoms with E-state index >= 15 is 0 Å². The van der Waals surface area contributed by atoms with Crippen molar-refractivity contribution in [2.24, 2.45) is 5.92 Å². The summed E-state index contributed by atoms with van der Waals surface area (Å²) >= 11 is 0. The first-order valence-electron chi connectivity index (χ1n) is 8.64. The van der Waals surface area contributed by atoms with Crippen LogP contribution in [-0.4, -0.2) is 29.5 Å². The molecule has 2 nitrogen and oxygen atoms in total. The van der Waals surface area contributed by atoms with Crippen molar-refractivity contribution >= 4 is 10.9 Å². The lowest BCUT2D eigenvalue weighted by Gasteiger charge is -2.31. The monoisotopic (exact) mass is 284 g/mol. The van der Waals surface area contributed by atoms with Crippen LogP contribution in [-0.2, 0) is 6.42 Å². The summed E-state index contributed by atoms with van der Waals surface area (Å²) in [6, 6.07) is 8.63. The minimum atomic E-state index is 1.000. The van der Waals surface area contributed by atoms with E-state index < -0.39 is 0 Å². The van der Waals surface area contributed by atoms with E-state index in [0.29, 0.717) is 0 Å². The number of benzene rings is 1. The van der Waals surface area contributed by atoms with Crippen molar-refractivity contribution in [2.45, 2.75) is 45.4 Å². The Morgan fingerprint density at radius 1 is 1.19 bits per heavy atom. The van der Waals surface area contributed by atoms with Gasteiger partial charge in [0.2, 0.25) is 0 Å². The first kappa shape index (κ1) is 14.6. The van der Waals surface area contributed by atoms with Crippen LogP contribution in [0.1, 0.15) is 44.6 Å². The third-order valence-electron chi connectivity index (χ3n) is 5.00. The Morgan fingerprint density at radius 2 is 2.00 bits per heavy atom. The van der Waals surface area contributed by atoms with Crippen molar-refractivity contribution in [2.75, 3.05) is 19.6 Å². The maximum Gasteiger partial charge on any atom is 0.0456 e. The molecule has 2 heterocycles. The molecule has 1 fully saturated rings. The lowest BCUT2D eigenvalue weighted by Crippen LogP contribution is -2.34. The van der Waals surface area contributed by atoms with Crippen molar-refractivity contribution in [3.05, 3.63) is 36.0 Å². The maximum atomic E-state index is 3.38. The summed E-state index contributed by atoms with van der Waals surface area (Å²) in [4.78, 5) is 6.05. The summed E-state index contributed by atoms with van der Waals surface area (Å²) in [5, 5.41) is 1.40. The molecular weight excluding hydrogens is 256 g/mol. The largest absolute Gasteiger partial charge is 0.361 e. The fourth-order valence-electron chi connectivity index (χ4n) is 3.74. The Balaban J connectivity index is 1.44. The van der Waals surface area contributed by atoms with Gasteiger partial charge in [-0.2, -0.15) is 0 Å². The number of aromatic nitrogens is 1. The molecule has 1 aliphatic rings. The van der Waals surface area contributed by atoms with Gasteiger partial charge in [-0.1, -0.05) is 38.0 Å². The second kappa shape index (κ2) is 7.13. The van der Waals surface area contributed by atoms with Gasteiger partial charge in [-0.05, 0) is 62.9 Å². The molecule has 0 amide bonds.